The van der Waals surface area contributed by atoms with E-state index in [2.05, 4.69) is 61.3 Å². The van der Waals surface area contributed by atoms with Crippen molar-refractivity contribution in [1.29, 1.82) is 0 Å². The summed E-state index contributed by atoms with van der Waals surface area (Å²) in [6.07, 6.45) is 7.42. The van der Waals surface area contributed by atoms with Gasteiger partial charge in [0, 0.05) is 11.1 Å². The standard InChI is InChI=1S/C30H22N8/c1-2-18-4-3-17(1)5-7-19-9-10-20(8-6-18)28-27(19)29-36-25-15-13-23(34-25)32-21-11-12-22(31-21)33-24-14-16-26(35-24)37-30(28)38-29/h1-4,9-16H,5-8H2,(H2,31,32,33,34,35,36,37,38). The van der Waals surface area contributed by atoms with Gasteiger partial charge in [-0.05, 0) is 84.4 Å². The molecule has 5 heterocycles. The molecule has 0 unspecified atom stereocenters. The summed E-state index contributed by atoms with van der Waals surface area (Å²) >= 11 is 0. The highest BCUT2D eigenvalue weighted by Crippen LogP contribution is 2.40. The van der Waals surface area contributed by atoms with Crippen molar-refractivity contribution in [3.63, 3.8) is 0 Å². The predicted octanol–water partition coefficient (Wildman–Crippen LogP) is 5.28. The molecule has 0 saturated carbocycles. The molecule has 8 heteroatoms. The minimum atomic E-state index is 0.577. The van der Waals surface area contributed by atoms with Crippen LogP contribution in [0.15, 0.2) is 60.7 Å². The highest BCUT2D eigenvalue weighted by Gasteiger charge is 2.26. The molecule has 38 heavy (non-hydrogen) atoms. The van der Waals surface area contributed by atoms with Gasteiger partial charge in [0.25, 0.3) is 0 Å². The van der Waals surface area contributed by atoms with Crippen LogP contribution in [-0.4, -0.2) is 39.9 Å². The van der Waals surface area contributed by atoms with E-state index in [1.165, 1.54) is 22.3 Å². The first-order valence-corrected chi connectivity index (χ1v) is 12.8. The molecule has 12 bridgehead atoms. The van der Waals surface area contributed by atoms with Crippen molar-refractivity contribution in [2.75, 3.05) is 0 Å². The third-order valence-corrected chi connectivity index (χ3v) is 7.27. The summed E-state index contributed by atoms with van der Waals surface area (Å²) in [5.74, 6) is 2.48. The molecule has 6 aliphatic rings. The van der Waals surface area contributed by atoms with Gasteiger partial charge in [-0.1, -0.05) is 36.4 Å². The van der Waals surface area contributed by atoms with Gasteiger partial charge < -0.3 is 9.97 Å². The zero-order chi connectivity index (χ0) is 25.1. The number of nitrogens with one attached hydrogen (secondary N) is 2. The molecule has 0 saturated heterocycles. The van der Waals surface area contributed by atoms with Crippen molar-refractivity contribution in [1.82, 2.24) is 39.9 Å². The van der Waals surface area contributed by atoms with Crippen LogP contribution in [-0.2, 0) is 25.7 Å². The van der Waals surface area contributed by atoms with Crippen LogP contribution >= 0.6 is 0 Å². The van der Waals surface area contributed by atoms with Crippen molar-refractivity contribution in [3.05, 3.63) is 94.6 Å². The number of rotatable bonds is 0. The Bertz CT molecular complexity index is 1930. The number of aryl methyl sites for hydroxylation is 4. The Morgan fingerprint density at radius 2 is 0.921 bits per heavy atom. The van der Waals surface area contributed by atoms with Gasteiger partial charge in [-0.2, -0.15) is 0 Å². The molecular formula is C30H22N8. The minimum Gasteiger partial charge on any atom is -0.325 e. The Morgan fingerprint density at radius 1 is 0.421 bits per heavy atom. The Labute approximate surface area is 217 Å². The topological polar surface area (TPSA) is 109 Å². The highest BCUT2D eigenvalue weighted by molar-refractivity contribution is 5.87. The number of fused-ring (bicyclic) bond motifs is 8. The second-order valence-corrected chi connectivity index (χ2v) is 9.78. The largest absolute Gasteiger partial charge is 0.325 e. The molecule has 182 valence electrons. The van der Waals surface area contributed by atoms with E-state index in [4.69, 9.17) is 15.0 Å². The molecule has 4 aliphatic carbocycles. The van der Waals surface area contributed by atoms with E-state index in [-0.39, 0.29) is 0 Å². The van der Waals surface area contributed by atoms with E-state index in [0.717, 1.165) is 36.8 Å². The van der Waals surface area contributed by atoms with Crippen molar-refractivity contribution < 1.29 is 0 Å². The first kappa shape index (κ1) is 21.1. The average molecular weight is 495 g/mol. The van der Waals surface area contributed by atoms with Crippen LogP contribution in [0, 0.1) is 0 Å². The SMILES string of the molecule is C1=Cc2nc1nc1nc(nc3ccc(nc4ccc(n2)[nH]4)[nH]3)-c2c3ccc(c2-1)CCc1ccc(cc1)CC3. The Balaban J connectivity index is 1.42. The van der Waals surface area contributed by atoms with Gasteiger partial charge in [-0.25, -0.2) is 29.9 Å². The normalized spacial score (nSPS) is 13.8. The van der Waals surface area contributed by atoms with E-state index in [1.54, 1.807) is 0 Å². The fourth-order valence-electron chi connectivity index (χ4n) is 5.37. The molecule has 8 nitrogen and oxygen atoms in total. The summed E-state index contributed by atoms with van der Waals surface area (Å²) in [6, 6.07) is 21.1. The van der Waals surface area contributed by atoms with E-state index >= 15 is 0 Å². The quantitative estimate of drug-likeness (QED) is 0.297. The van der Waals surface area contributed by atoms with Crippen molar-refractivity contribution >= 4 is 34.7 Å². The summed E-state index contributed by atoms with van der Waals surface area (Å²) in [4.78, 5) is 35.3. The van der Waals surface area contributed by atoms with Crippen molar-refractivity contribution in [2.24, 2.45) is 0 Å². The highest BCUT2D eigenvalue weighted by atomic mass is 15.0. The maximum absolute atomic E-state index is 5.00. The lowest BCUT2D eigenvalue weighted by atomic mass is 9.89. The summed E-state index contributed by atoms with van der Waals surface area (Å²) in [5.41, 5.74) is 10.0. The lowest BCUT2D eigenvalue weighted by molar-refractivity contribution is 0.924. The van der Waals surface area contributed by atoms with Crippen LogP contribution in [0.4, 0.5) is 0 Å². The molecular weight excluding hydrogens is 472 g/mol. The van der Waals surface area contributed by atoms with Crippen LogP contribution in [0.3, 0.4) is 0 Å². The third-order valence-electron chi connectivity index (χ3n) is 7.27. The molecule has 2 aliphatic heterocycles. The van der Waals surface area contributed by atoms with Gasteiger partial charge in [0.1, 0.15) is 22.6 Å². The van der Waals surface area contributed by atoms with Crippen LogP contribution in [0.1, 0.15) is 33.9 Å². The van der Waals surface area contributed by atoms with Gasteiger partial charge in [0.15, 0.2) is 23.3 Å². The second kappa shape index (κ2) is 8.27. The number of benzene rings is 2. The summed E-state index contributed by atoms with van der Waals surface area (Å²) in [5, 5.41) is 0. The molecule has 0 fully saturated rings. The molecule has 2 N–H and O–H groups in total. The molecule has 0 atom stereocenters. The van der Waals surface area contributed by atoms with Crippen LogP contribution in [0.25, 0.3) is 57.5 Å². The maximum Gasteiger partial charge on any atom is 0.165 e. The van der Waals surface area contributed by atoms with Crippen LogP contribution in [0.2, 0.25) is 0 Å². The minimum absolute atomic E-state index is 0.577. The molecule has 11 rings (SSSR count). The monoisotopic (exact) mass is 494 g/mol. The van der Waals surface area contributed by atoms with Gasteiger partial charge in [-0.3, -0.25) is 0 Å². The fourth-order valence-corrected chi connectivity index (χ4v) is 5.37. The zero-order valence-corrected chi connectivity index (χ0v) is 20.4. The van der Waals surface area contributed by atoms with Gasteiger partial charge in [0.2, 0.25) is 0 Å². The Hall–Kier alpha value is -4.98. The lowest BCUT2D eigenvalue weighted by Crippen LogP contribution is -2.02. The molecule has 5 aromatic rings. The molecule has 0 amide bonds. The van der Waals surface area contributed by atoms with E-state index in [9.17, 15) is 0 Å². The molecule has 0 spiro atoms. The summed E-state index contributed by atoms with van der Waals surface area (Å²) in [7, 11) is 0. The average Bonchev–Trinajstić information content (AvgIpc) is 3.71. The fraction of sp³-hybridized carbons (Fsp3) is 0.133. The maximum atomic E-state index is 5.00. The van der Waals surface area contributed by atoms with E-state index in [0.29, 0.717) is 45.9 Å². The van der Waals surface area contributed by atoms with Gasteiger partial charge in [0.05, 0.1) is 0 Å². The summed E-state index contributed by atoms with van der Waals surface area (Å²) < 4.78 is 0. The Kier molecular flexibility index (Phi) is 4.60. The zero-order valence-electron chi connectivity index (χ0n) is 20.4. The number of H-pyrrole nitrogens is 2. The van der Waals surface area contributed by atoms with Crippen molar-refractivity contribution in [3.8, 4) is 22.8 Å². The predicted molar refractivity (Wildman–Crippen MR) is 147 cm³/mol. The number of nitrogens with zero attached hydrogens (tertiary/aromatic N) is 6. The number of hydrogen-bond acceptors (Lipinski definition) is 6. The van der Waals surface area contributed by atoms with Crippen molar-refractivity contribution in [2.45, 2.75) is 25.7 Å². The van der Waals surface area contributed by atoms with E-state index < -0.39 is 0 Å². The third kappa shape index (κ3) is 3.69. The lowest BCUT2D eigenvalue weighted by Gasteiger charge is -2.15. The van der Waals surface area contributed by atoms with Crippen LogP contribution in [0.5, 0.6) is 0 Å². The Morgan fingerprint density at radius 3 is 1.53 bits per heavy atom. The molecule has 0 radical (unpaired) electrons. The van der Waals surface area contributed by atoms with Gasteiger partial charge in [-0.15, -0.1) is 0 Å². The van der Waals surface area contributed by atoms with Gasteiger partial charge >= 0.3 is 0 Å². The number of aromatic amines is 2. The summed E-state index contributed by atoms with van der Waals surface area (Å²) in [6.45, 7) is 0. The smallest absolute Gasteiger partial charge is 0.165 e. The molecule has 3 aromatic heterocycles. The van der Waals surface area contributed by atoms with E-state index in [1.807, 2.05) is 36.4 Å². The second-order valence-electron chi connectivity index (χ2n) is 9.78. The number of hydrogen-bond donors (Lipinski definition) is 2. The first-order chi connectivity index (χ1) is 18.7. The van der Waals surface area contributed by atoms with Crippen LogP contribution < -0.4 is 0 Å². The number of aromatic nitrogens is 8. The molecule has 2 aromatic carbocycles. The first-order valence-electron chi connectivity index (χ1n) is 12.8.